The second kappa shape index (κ2) is 5.84. The fourth-order valence-electron chi connectivity index (χ4n) is 1.92. The van der Waals surface area contributed by atoms with E-state index < -0.39 is 0 Å². The third kappa shape index (κ3) is 3.54. The van der Waals surface area contributed by atoms with E-state index in [0.29, 0.717) is 10.7 Å². The first-order chi connectivity index (χ1) is 9.06. The van der Waals surface area contributed by atoms with Crippen LogP contribution in [0.15, 0.2) is 35.6 Å². The van der Waals surface area contributed by atoms with Gasteiger partial charge in [0.2, 0.25) is 0 Å². The van der Waals surface area contributed by atoms with Crippen molar-refractivity contribution < 1.29 is 0 Å². The number of benzene rings is 1. The molecule has 0 aliphatic heterocycles. The standard InChI is InChI=1S/C14H16N4S/c1-9-5-10(2)7-11(6-9)8-19-14-12(13(15)16)17-3-4-18-14/h3-7H,8H2,1-2H3,(H3,15,16). The number of nitrogens with zero attached hydrogens (tertiary/aromatic N) is 2. The molecule has 4 nitrogen and oxygen atoms in total. The number of hydrogen-bond acceptors (Lipinski definition) is 4. The highest BCUT2D eigenvalue weighted by molar-refractivity contribution is 7.98. The van der Waals surface area contributed by atoms with Crippen molar-refractivity contribution in [1.82, 2.24) is 9.97 Å². The van der Waals surface area contributed by atoms with Crippen LogP contribution in [0.4, 0.5) is 0 Å². The lowest BCUT2D eigenvalue weighted by Crippen LogP contribution is -2.15. The van der Waals surface area contributed by atoms with E-state index in [1.807, 2.05) is 0 Å². The summed E-state index contributed by atoms with van der Waals surface area (Å²) >= 11 is 1.55. The Bertz CT molecular complexity index is 590. The molecule has 0 bridgehead atoms. The molecule has 19 heavy (non-hydrogen) atoms. The molecule has 1 aromatic carbocycles. The minimum Gasteiger partial charge on any atom is -0.382 e. The smallest absolute Gasteiger partial charge is 0.144 e. The molecular formula is C14H16N4S. The molecule has 3 N–H and O–H groups in total. The number of rotatable bonds is 4. The van der Waals surface area contributed by atoms with Gasteiger partial charge in [-0.1, -0.05) is 41.1 Å². The van der Waals surface area contributed by atoms with E-state index in [1.54, 1.807) is 24.2 Å². The minimum absolute atomic E-state index is 0.0453. The lowest BCUT2D eigenvalue weighted by Gasteiger charge is -2.07. The number of hydrogen-bond donors (Lipinski definition) is 2. The zero-order valence-corrected chi connectivity index (χ0v) is 11.8. The van der Waals surface area contributed by atoms with Gasteiger partial charge in [-0.25, -0.2) is 9.97 Å². The number of nitrogens with one attached hydrogen (secondary N) is 1. The quantitative estimate of drug-likeness (QED) is 0.509. The van der Waals surface area contributed by atoms with Gasteiger partial charge in [-0.05, 0) is 19.4 Å². The molecule has 0 unspecified atom stereocenters. The maximum atomic E-state index is 7.49. The summed E-state index contributed by atoms with van der Waals surface area (Å²) in [5.74, 6) is 0.748. The Hall–Kier alpha value is -1.88. The molecule has 0 fully saturated rings. The van der Waals surface area contributed by atoms with Crippen LogP contribution in [0, 0.1) is 19.3 Å². The third-order valence-corrected chi connectivity index (χ3v) is 3.63. The Morgan fingerprint density at radius 1 is 1.16 bits per heavy atom. The fourth-order valence-corrected chi connectivity index (χ4v) is 2.82. The number of nitrogens with two attached hydrogens (primary N) is 1. The summed E-state index contributed by atoms with van der Waals surface area (Å²) in [5.41, 5.74) is 9.70. The van der Waals surface area contributed by atoms with Crippen molar-refractivity contribution in [3.63, 3.8) is 0 Å². The maximum absolute atomic E-state index is 7.49. The summed E-state index contributed by atoms with van der Waals surface area (Å²) in [7, 11) is 0. The summed E-state index contributed by atoms with van der Waals surface area (Å²) in [6.45, 7) is 4.18. The largest absolute Gasteiger partial charge is 0.382 e. The molecule has 0 spiro atoms. The highest BCUT2D eigenvalue weighted by atomic mass is 32.2. The summed E-state index contributed by atoms with van der Waals surface area (Å²) < 4.78 is 0. The molecule has 0 aliphatic carbocycles. The van der Waals surface area contributed by atoms with Gasteiger partial charge in [0, 0.05) is 18.1 Å². The second-order valence-electron chi connectivity index (χ2n) is 4.41. The first-order valence-corrected chi connectivity index (χ1v) is 6.90. The molecule has 0 amide bonds. The monoisotopic (exact) mass is 272 g/mol. The van der Waals surface area contributed by atoms with Gasteiger partial charge in [-0.3, -0.25) is 5.41 Å². The first kappa shape index (κ1) is 13.5. The van der Waals surface area contributed by atoms with Crippen LogP contribution >= 0.6 is 11.8 Å². The molecule has 0 atom stereocenters. The molecule has 1 heterocycles. The number of nitrogen functional groups attached to an aromatic ring is 1. The first-order valence-electron chi connectivity index (χ1n) is 5.91. The van der Waals surface area contributed by atoms with Crippen molar-refractivity contribution in [2.75, 3.05) is 0 Å². The average molecular weight is 272 g/mol. The van der Waals surface area contributed by atoms with E-state index in [9.17, 15) is 0 Å². The molecule has 1 aromatic heterocycles. The Morgan fingerprint density at radius 3 is 2.42 bits per heavy atom. The van der Waals surface area contributed by atoms with Crippen LogP contribution in [-0.2, 0) is 5.75 Å². The molecule has 0 aliphatic rings. The number of aromatic nitrogens is 2. The SMILES string of the molecule is Cc1cc(C)cc(CSc2nccnc2C(=N)N)c1. The van der Waals surface area contributed by atoms with Crippen LogP contribution in [0.1, 0.15) is 22.4 Å². The summed E-state index contributed by atoms with van der Waals surface area (Å²) in [4.78, 5) is 8.33. The number of amidine groups is 1. The van der Waals surface area contributed by atoms with Crippen LogP contribution in [0.5, 0.6) is 0 Å². The molecule has 2 aromatic rings. The van der Waals surface area contributed by atoms with E-state index in [1.165, 1.54) is 16.7 Å². The van der Waals surface area contributed by atoms with Crippen LogP contribution in [0.2, 0.25) is 0 Å². The second-order valence-corrected chi connectivity index (χ2v) is 5.37. The predicted molar refractivity (Wildman–Crippen MR) is 78.5 cm³/mol. The number of thioether (sulfide) groups is 1. The molecule has 0 radical (unpaired) electrons. The lowest BCUT2D eigenvalue weighted by molar-refractivity contribution is 1.03. The topological polar surface area (TPSA) is 75.7 Å². The van der Waals surface area contributed by atoms with E-state index in [0.717, 1.165) is 5.75 Å². The average Bonchev–Trinajstić information content (AvgIpc) is 2.35. The summed E-state index contributed by atoms with van der Waals surface area (Å²) in [5, 5.41) is 8.19. The van der Waals surface area contributed by atoms with Gasteiger partial charge < -0.3 is 5.73 Å². The zero-order valence-electron chi connectivity index (χ0n) is 11.0. The van der Waals surface area contributed by atoms with Crippen molar-refractivity contribution in [3.05, 3.63) is 53.0 Å². The molecular weight excluding hydrogens is 256 g/mol. The third-order valence-electron chi connectivity index (χ3n) is 2.58. The van der Waals surface area contributed by atoms with Gasteiger partial charge >= 0.3 is 0 Å². The predicted octanol–water partition coefficient (Wildman–Crippen LogP) is 2.67. The van der Waals surface area contributed by atoms with E-state index >= 15 is 0 Å². The molecule has 0 saturated heterocycles. The highest BCUT2D eigenvalue weighted by Gasteiger charge is 2.08. The van der Waals surface area contributed by atoms with Gasteiger partial charge in [-0.2, -0.15) is 0 Å². The van der Waals surface area contributed by atoms with Crippen molar-refractivity contribution in [1.29, 1.82) is 5.41 Å². The van der Waals surface area contributed by atoms with Crippen LogP contribution in [0.25, 0.3) is 0 Å². The number of aryl methyl sites for hydroxylation is 2. The Morgan fingerprint density at radius 2 is 1.79 bits per heavy atom. The molecule has 0 saturated carbocycles. The van der Waals surface area contributed by atoms with Crippen molar-refractivity contribution in [2.24, 2.45) is 5.73 Å². The lowest BCUT2D eigenvalue weighted by atomic mass is 10.1. The molecule has 2 rings (SSSR count). The van der Waals surface area contributed by atoms with Gasteiger partial charge in [0.05, 0.1) is 0 Å². The van der Waals surface area contributed by atoms with Crippen LogP contribution in [0.3, 0.4) is 0 Å². The van der Waals surface area contributed by atoms with Crippen molar-refractivity contribution >= 4 is 17.6 Å². The summed E-state index contributed by atoms with van der Waals surface area (Å²) in [6, 6.07) is 6.46. The van der Waals surface area contributed by atoms with Gasteiger partial charge in [0.1, 0.15) is 16.6 Å². The van der Waals surface area contributed by atoms with E-state index in [2.05, 4.69) is 42.0 Å². The highest BCUT2D eigenvalue weighted by Crippen LogP contribution is 2.23. The van der Waals surface area contributed by atoms with Gasteiger partial charge in [0.25, 0.3) is 0 Å². The van der Waals surface area contributed by atoms with Crippen LogP contribution in [-0.4, -0.2) is 15.8 Å². The maximum Gasteiger partial charge on any atom is 0.144 e. The zero-order chi connectivity index (χ0) is 13.8. The normalized spacial score (nSPS) is 10.4. The van der Waals surface area contributed by atoms with E-state index in [4.69, 9.17) is 11.1 Å². The fraction of sp³-hybridized carbons (Fsp3) is 0.214. The van der Waals surface area contributed by atoms with Crippen LogP contribution < -0.4 is 5.73 Å². The van der Waals surface area contributed by atoms with Crippen molar-refractivity contribution in [2.45, 2.75) is 24.6 Å². The van der Waals surface area contributed by atoms with E-state index in [-0.39, 0.29) is 5.84 Å². The Labute approximate surface area is 117 Å². The van der Waals surface area contributed by atoms with Crippen molar-refractivity contribution in [3.8, 4) is 0 Å². The minimum atomic E-state index is -0.0453. The summed E-state index contributed by atoms with van der Waals surface area (Å²) in [6.07, 6.45) is 3.17. The Kier molecular flexibility index (Phi) is 4.16. The molecule has 5 heteroatoms. The molecule has 98 valence electrons. The van der Waals surface area contributed by atoms with Gasteiger partial charge in [0.15, 0.2) is 0 Å². The van der Waals surface area contributed by atoms with Gasteiger partial charge in [-0.15, -0.1) is 0 Å². The Balaban J connectivity index is 2.16.